The maximum Gasteiger partial charge on any atom is 0.258 e. The van der Waals surface area contributed by atoms with E-state index in [9.17, 15) is 4.79 Å². The maximum absolute atomic E-state index is 12.6. The molecule has 5 nitrogen and oxygen atoms in total. The van der Waals surface area contributed by atoms with Gasteiger partial charge in [-0.1, -0.05) is 44.2 Å². The zero-order chi connectivity index (χ0) is 19.3. The lowest BCUT2D eigenvalue weighted by molar-refractivity contribution is -0.124. The molecule has 0 aliphatic carbocycles. The van der Waals surface area contributed by atoms with Crippen molar-refractivity contribution in [3.8, 4) is 17.2 Å². The van der Waals surface area contributed by atoms with Gasteiger partial charge in [0, 0.05) is 12.0 Å². The molecule has 0 radical (unpaired) electrons. The van der Waals surface area contributed by atoms with Crippen molar-refractivity contribution in [1.82, 2.24) is 5.32 Å². The molecule has 0 fully saturated rings. The molecule has 1 amide bonds. The maximum atomic E-state index is 12.6. The van der Waals surface area contributed by atoms with Crippen molar-refractivity contribution >= 4 is 5.91 Å². The second kappa shape index (κ2) is 8.33. The molecule has 0 saturated carbocycles. The van der Waals surface area contributed by atoms with E-state index in [1.165, 1.54) is 0 Å². The van der Waals surface area contributed by atoms with Crippen molar-refractivity contribution in [2.45, 2.75) is 44.8 Å². The van der Waals surface area contributed by atoms with E-state index >= 15 is 0 Å². The minimum absolute atomic E-state index is 0.0643. The molecule has 3 rings (SSSR count). The molecule has 27 heavy (non-hydrogen) atoms. The molecular weight excluding hydrogens is 342 g/mol. The summed E-state index contributed by atoms with van der Waals surface area (Å²) in [7, 11) is 1.58. The van der Waals surface area contributed by atoms with Crippen LogP contribution in [0.2, 0.25) is 0 Å². The van der Waals surface area contributed by atoms with Crippen LogP contribution < -0.4 is 19.5 Å². The Morgan fingerprint density at radius 2 is 1.78 bits per heavy atom. The number of nitrogens with one attached hydrogen (secondary N) is 1. The van der Waals surface area contributed by atoms with Gasteiger partial charge < -0.3 is 19.5 Å². The summed E-state index contributed by atoms with van der Waals surface area (Å²) in [6.07, 6.45) is 2.53. The number of rotatable bonds is 7. The predicted octanol–water partition coefficient (Wildman–Crippen LogP) is 4.27. The van der Waals surface area contributed by atoms with Crippen LogP contribution in [0.4, 0.5) is 0 Å². The van der Waals surface area contributed by atoms with Gasteiger partial charge in [-0.25, -0.2) is 0 Å². The number of fused-ring (bicyclic) bond motifs is 1. The summed E-state index contributed by atoms with van der Waals surface area (Å²) in [5.74, 6) is 1.85. The summed E-state index contributed by atoms with van der Waals surface area (Å²) in [5.41, 5.74) is 0.760. The fraction of sp³-hybridized carbons (Fsp3) is 0.409. The number of methoxy groups -OCH3 is 1. The monoisotopic (exact) mass is 369 g/mol. The average molecular weight is 369 g/mol. The number of para-hydroxylation sites is 3. The molecule has 2 aromatic rings. The van der Waals surface area contributed by atoms with E-state index in [4.69, 9.17) is 14.2 Å². The minimum atomic E-state index is -0.254. The minimum Gasteiger partial charge on any atom is -0.493 e. The number of benzene rings is 2. The summed E-state index contributed by atoms with van der Waals surface area (Å²) < 4.78 is 17.2. The van der Waals surface area contributed by atoms with Crippen LogP contribution in [0.15, 0.2) is 48.5 Å². The van der Waals surface area contributed by atoms with E-state index in [0.717, 1.165) is 30.6 Å². The van der Waals surface area contributed by atoms with Gasteiger partial charge in [0.2, 0.25) is 0 Å². The van der Waals surface area contributed by atoms with Gasteiger partial charge in [-0.2, -0.15) is 0 Å². The number of hydrogen-bond donors (Lipinski definition) is 1. The lowest BCUT2D eigenvalue weighted by Crippen LogP contribution is -2.45. The zero-order valence-electron chi connectivity index (χ0n) is 16.2. The van der Waals surface area contributed by atoms with Crippen LogP contribution in [0.5, 0.6) is 17.2 Å². The molecule has 1 heterocycles. The van der Waals surface area contributed by atoms with Gasteiger partial charge in [0.05, 0.1) is 13.2 Å². The van der Waals surface area contributed by atoms with E-state index in [0.29, 0.717) is 11.5 Å². The highest BCUT2D eigenvalue weighted by Gasteiger charge is 2.38. The van der Waals surface area contributed by atoms with Crippen molar-refractivity contribution < 1.29 is 19.0 Å². The Kier molecular flexibility index (Phi) is 5.89. The molecule has 0 unspecified atom stereocenters. The van der Waals surface area contributed by atoms with Gasteiger partial charge in [0.25, 0.3) is 5.91 Å². The fourth-order valence-electron chi connectivity index (χ4n) is 3.55. The fourth-order valence-corrected chi connectivity index (χ4v) is 3.55. The quantitative estimate of drug-likeness (QED) is 0.792. The second-order valence-corrected chi connectivity index (χ2v) is 6.79. The zero-order valence-corrected chi connectivity index (χ0v) is 16.2. The van der Waals surface area contributed by atoms with Crippen molar-refractivity contribution in [2.75, 3.05) is 13.7 Å². The molecule has 2 aromatic carbocycles. The molecule has 0 saturated heterocycles. The second-order valence-electron chi connectivity index (χ2n) is 6.79. The van der Waals surface area contributed by atoms with E-state index in [2.05, 4.69) is 19.2 Å². The van der Waals surface area contributed by atoms with Crippen LogP contribution in [-0.4, -0.2) is 25.2 Å². The van der Waals surface area contributed by atoms with Gasteiger partial charge in [-0.15, -0.1) is 0 Å². The van der Waals surface area contributed by atoms with E-state index in [1.54, 1.807) is 19.2 Å². The van der Waals surface area contributed by atoms with E-state index in [1.807, 2.05) is 36.4 Å². The van der Waals surface area contributed by atoms with Crippen LogP contribution in [0.3, 0.4) is 0 Å². The average Bonchev–Trinajstić information content (AvgIpc) is 2.72. The van der Waals surface area contributed by atoms with Crippen molar-refractivity contribution in [3.05, 3.63) is 54.1 Å². The van der Waals surface area contributed by atoms with Crippen molar-refractivity contribution in [1.29, 1.82) is 0 Å². The van der Waals surface area contributed by atoms with Crippen LogP contribution in [0, 0.1) is 0 Å². The molecule has 0 spiro atoms. The van der Waals surface area contributed by atoms with Gasteiger partial charge in [0.1, 0.15) is 11.4 Å². The number of ether oxygens (including phenoxy) is 3. The highest BCUT2D eigenvalue weighted by molar-refractivity contribution is 5.78. The Labute approximate surface area is 160 Å². The van der Waals surface area contributed by atoms with Crippen molar-refractivity contribution in [2.24, 2.45) is 0 Å². The molecule has 1 atom stereocenters. The first-order chi connectivity index (χ1) is 13.1. The van der Waals surface area contributed by atoms with E-state index < -0.39 is 0 Å². The van der Waals surface area contributed by atoms with Gasteiger partial charge in [0.15, 0.2) is 18.1 Å². The molecule has 144 valence electrons. The third kappa shape index (κ3) is 4.18. The van der Waals surface area contributed by atoms with Gasteiger partial charge in [-0.3, -0.25) is 4.79 Å². The van der Waals surface area contributed by atoms with Crippen LogP contribution in [0.25, 0.3) is 0 Å². The highest BCUT2D eigenvalue weighted by atomic mass is 16.5. The number of amides is 1. The summed E-state index contributed by atoms with van der Waals surface area (Å²) in [6.45, 7) is 4.19. The Bertz CT molecular complexity index is 785. The van der Waals surface area contributed by atoms with E-state index in [-0.39, 0.29) is 24.2 Å². The molecular formula is C22H27NO4. The Balaban J connectivity index is 1.71. The SMILES string of the molecule is CCC1(CC)C[C@H](NC(=O)COc2ccccc2OC)c2ccccc2O1. The lowest BCUT2D eigenvalue weighted by Gasteiger charge is -2.41. The summed E-state index contributed by atoms with van der Waals surface area (Å²) in [5, 5.41) is 3.12. The first kappa shape index (κ1) is 19.1. The third-order valence-electron chi connectivity index (χ3n) is 5.25. The van der Waals surface area contributed by atoms with Gasteiger partial charge >= 0.3 is 0 Å². The first-order valence-electron chi connectivity index (χ1n) is 9.44. The molecule has 1 N–H and O–H groups in total. The smallest absolute Gasteiger partial charge is 0.258 e. The number of carbonyl (C=O) groups excluding carboxylic acids is 1. The summed E-state index contributed by atoms with van der Waals surface area (Å²) in [6, 6.07) is 15.1. The standard InChI is InChI=1S/C22H27NO4/c1-4-22(5-2)14-17(16-10-6-7-11-18(16)27-22)23-21(24)15-26-20-13-9-8-12-19(20)25-3/h6-13,17H,4-5,14-15H2,1-3H3,(H,23,24)/t17-/m0/s1. The molecule has 1 aliphatic rings. The first-order valence-corrected chi connectivity index (χ1v) is 9.44. The van der Waals surface area contributed by atoms with Crippen molar-refractivity contribution in [3.63, 3.8) is 0 Å². The van der Waals surface area contributed by atoms with Gasteiger partial charge in [-0.05, 0) is 31.0 Å². The Morgan fingerprint density at radius 1 is 1.11 bits per heavy atom. The topological polar surface area (TPSA) is 56.8 Å². The Hall–Kier alpha value is -2.69. The number of carbonyl (C=O) groups is 1. The molecule has 0 aromatic heterocycles. The predicted molar refractivity (Wildman–Crippen MR) is 104 cm³/mol. The third-order valence-corrected chi connectivity index (χ3v) is 5.25. The summed E-state index contributed by atoms with van der Waals surface area (Å²) >= 11 is 0. The molecule has 1 aliphatic heterocycles. The lowest BCUT2D eigenvalue weighted by atomic mass is 9.83. The molecule has 5 heteroatoms. The largest absolute Gasteiger partial charge is 0.493 e. The van der Waals surface area contributed by atoms with Crippen LogP contribution in [0.1, 0.15) is 44.7 Å². The number of hydrogen-bond acceptors (Lipinski definition) is 4. The van der Waals surface area contributed by atoms with Crippen LogP contribution in [-0.2, 0) is 4.79 Å². The Morgan fingerprint density at radius 3 is 2.48 bits per heavy atom. The summed E-state index contributed by atoms with van der Waals surface area (Å²) in [4.78, 5) is 12.6. The highest BCUT2D eigenvalue weighted by Crippen LogP contribution is 2.42. The molecule has 0 bridgehead atoms. The normalized spacial score (nSPS) is 17.4. The van der Waals surface area contributed by atoms with Crippen LogP contribution >= 0.6 is 0 Å².